The van der Waals surface area contributed by atoms with Crippen LogP contribution in [0.4, 0.5) is 4.39 Å². The summed E-state index contributed by atoms with van der Waals surface area (Å²) in [7, 11) is -1.94. The zero-order valence-electron chi connectivity index (χ0n) is 16.3. The molecule has 0 spiro atoms. The van der Waals surface area contributed by atoms with Crippen LogP contribution in [0.25, 0.3) is 0 Å². The number of carbonyl (C=O) groups excluding carboxylic acids is 1. The summed E-state index contributed by atoms with van der Waals surface area (Å²) < 4.78 is 41.2. The molecule has 156 valence electrons. The minimum Gasteiger partial charge on any atom is -0.352 e. The molecule has 1 aliphatic rings. The molecule has 2 N–H and O–H groups in total. The third kappa shape index (κ3) is 6.09. The monoisotopic (exact) mass is 419 g/mol. The van der Waals surface area contributed by atoms with E-state index in [1.807, 2.05) is 37.4 Å². The highest BCUT2D eigenvalue weighted by Crippen LogP contribution is 2.14. The molecule has 1 atom stereocenters. The minimum atomic E-state index is -3.98. The second-order valence-electron chi connectivity index (χ2n) is 7.40. The smallest absolute Gasteiger partial charge is 0.241 e. The van der Waals surface area contributed by atoms with E-state index in [2.05, 4.69) is 14.9 Å². The summed E-state index contributed by atoms with van der Waals surface area (Å²) in [4.78, 5) is 15.1. The predicted molar refractivity (Wildman–Crippen MR) is 109 cm³/mol. The molecular weight excluding hydrogens is 393 g/mol. The molecule has 29 heavy (non-hydrogen) atoms. The van der Waals surface area contributed by atoms with Crippen molar-refractivity contribution in [3.63, 3.8) is 0 Å². The molecule has 1 fully saturated rings. The van der Waals surface area contributed by atoms with Gasteiger partial charge in [-0.3, -0.25) is 4.79 Å². The Morgan fingerprint density at radius 3 is 2.34 bits per heavy atom. The van der Waals surface area contributed by atoms with Crippen molar-refractivity contribution < 1.29 is 17.6 Å². The van der Waals surface area contributed by atoms with Crippen molar-refractivity contribution in [2.75, 3.05) is 20.1 Å². The van der Waals surface area contributed by atoms with E-state index in [4.69, 9.17) is 0 Å². The zero-order valence-corrected chi connectivity index (χ0v) is 17.2. The summed E-state index contributed by atoms with van der Waals surface area (Å²) in [6.45, 7) is 1.77. The number of benzene rings is 2. The molecule has 3 rings (SSSR count). The Morgan fingerprint density at radius 1 is 1.10 bits per heavy atom. The molecular formula is C21H26FN3O3S. The van der Waals surface area contributed by atoms with E-state index in [1.54, 1.807) is 0 Å². The predicted octanol–water partition coefficient (Wildman–Crippen LogP) is 1.93. The van der Waals surface area contributed by atoms with Gasteiger partial charge in [0.1, 0.15) is 11.9 Å². The molecule has 1 aliphatic heterocycles. The first-order valence-corrected chi connectivity index (χ1v) is 11.1. The Balaban J connectivity index is 1.76. The molecule has 1 saturated heterocycles. The molecule has 2 aromatic carbocycles. The molecule has 0 aliphatic carbocycles. The highest BCUT2D eigenvalue weighted by atomic mass is 32.2. The van der Waals surface area contributed by atoms with Gasteiger partial charge in [0, 0.05) is 6.04 Å². The third-order valence-corrected chi connectivity index (χ3v) is 6.57. The van der Waals surface area contributed by atoms with Gasteiger partial charge in [0.25, 0.3) is 0 Å². The van der Waals surface area contributed by atoms with Gasteiger partial charge < -0.3 is 10.2 Å². The van der Waals surface area contributed by atoms with Gasteiger partial charge in [0.05, 0.1) is 4.90 Å². The molecule has 0 radical (unpaired) electrons. The van der Waals surface area contributed by atoms with Crippen molar-refractivity contribution in [1.82, 2.24) is 14.9 Å². The number of hydrogen-bond acceptors (Lipinski definition) is 4. The number of sulfonamides is 1. The third-order valence-electron chi connectivity index (χ3n) is 5.09. The van der Waals surface area contributed by atoms with Crippen molar-refractivity contribution in [1.29, 1.82) is 0 Å². The standard InChI is InChI=1S/C21H26FN3O3S/c1-25-13-11-18(12-14-25)23-21(26)20(15-16-5-3-2-4-6-16)24-29(27,28)19-9-7-17(22)8-10-19/h2-10,18,20,24H,11-15H2,1H3,(H,23,26)/t20-/m1/s1. The molecule has 0 aromatic heterocycles. The van der Waals surface area contributed by atoms with Crippen molar-refractivity contribution in [3.8, 4) is 0 Å². The summed E-state index contributed by atoms with van der Waals surface area (Å²) >= 11 is 0. The van der Waals surface area contributed by atoms with Gasteiger partial charge in [-0.1, -0.05) is 30.3 Å². The van der Waals surface area contributed by atoms with E-state index in [9.17, 15) is 17.6 Å². The molecule has 0 unspecified atom stereocenters. The van der Waals surface area contributed by atoms with Crippen LogP contribution in [0.3, 0.4) is 0 Å². The topological polar surface area (TPSA) is 78.5 Å². The van der Waals surface area contributed by atoms with Crippen LogP contribution in [0.1, 0.15) is 18.4 Å². The van der Waals surface area contributed by atoms with E-state index in [1.165, 1.54) is 12.1 Å². The summed E-state index contributed by atoms with van der Waals surface area (Å²) in [6, 6.07) is 12.8. The van der Waals surface area contributed by atoms with Gasteiger partial charge in [0.15, 0.2) is 0 Å². The maximum Gasteiger partial charge on any atom is 0.241 e. The van der Waals surface area contributed by atoms with Gasteiger partial charge in [-0.2, -0.15) is 4.72 Å². The maximum atomic E-state index is 13.2. The summed E-state index contributed by atoms with van der Waals surface area (Å²) in [5.74, 6) is -0.876. The number of carbonyl (C=O) groups is 1. The van der Waals surface area contributed by atoms with E-state index in [0.29, 0.717) is 0 Å². The number of hydrogen-bond donors (Lipinski definition) is 2. The van der Waals surface area contributed by atoms with Crippen LogP contribution < -0.4 is 10.0 Å². The Morgan fingerprint density at radius 2 is 1.72 bits per heavy atom. The zero-order chi connectivity index (χ0) is 20.9. The fraction of sp³-hybridized carbons (Fsp3) is 0.381. The van der Waals surface area contributed by atoms with E-state index >= 15 is 0 Å². The number of piperidine rings is 1. The number of halogens is 1. The maximum absolute atomic E-state index is 13.2. The number of nitrogens with one attached hydrogen (secondary N) is 2. The lowest BCUT2D eigenvalue weighted by Crippen LogP contribution is -2.52. The van der Waals surface area contributed by atoms with Gasteiger partial charge in [0.2, 0.25) is 15.9 Å². The number of rotatable bonds is 7. The summed E-state index contributed by atoms with van der Waals surface area (Å²) in [6.07, 6.45) is 1.87. The Labute approximate surface area is 171 Å². The van der Waals surface area contributed by atoms with Crippen molar-refractivity contribution in [3.05, 3.63) is 66.0 Å². The first kappa shape index (κ1) is 21.4. The Kier molecular flexibility index (Phi) is 7.00. The first-order valence-electron chi connectivity index (χ1n) is 9.64. The second kappa shape index (κ2) is 9.47. The number of likely N-dealkylation sites (tertiary alicyclic amines) is 1. The lowest BCUT2D eigenvalue weighted by molar-refractivity contribution is -0.123. The SMILES string of the molecule is CN1CCC(NC(=O)[C@@H](Cc2ccccc2)NS(=O)(=O)c2ccc(F)cc2)CC1. The number of amides is 1. The summed E-state index contributed by atoms with van der Waals surface area (Å²) in [5, 5.41) is 2.99. The molecule has 6 nitrogen and oxygen atoms in total. The van der Waals surface area contributed by atoms with E-state index in [-0.39, 0.29) is 23.3 Å². The van der Waals surface area contributed by atoms with Gasteiger partial charge >= 0.3 is 0 Å². The number of nitrogens with zero attached hydrogens (tertiary/aromatic N) is 1. The lowest BCUT2D eigenvalue weighted by Gasteiger charge is -2.30. The summed E-state index contributed by atoms with van der Waals surface area (Å²) in [5.41, 5.74) is 0.845. The van der Waals surface area contributed by atoms with E-state index < -0.39 is 21.9 Å². The van der Waals surface area contributed by atoms with Crippen LogP contribution in [0.5, 0.6) is 0 Å². The second-order valence-corrected chi connectivity index (χ2v) is 9.12. The van der Waals surface area contributed by atoms with Crippen molar-refractivity contribution >= 4 is 15.9 Å². The minimum absolute atomic E-state index is 0.0206. The highest BCUT2D eigenvalue weighted by molar-refractivity contribution is 7.89. The van der Waals surface area contributed by atoms with Crippen LogP contribution in [-0.4, -0.2) is 51.4 Å². The highest BCUT2D eigenvalue weighted by Gasteiger charge is 2.28. The van der Waals surface area contributed by atoms with Crippen molar-refractivity contribution in [2.24, 2.45) is 0 Å². The fourth-order valence-electron chi connectivity index (χ4n) is 3.36. The molecule has 1 heterocycles. The largest absolute Gasteiger partial charge is 0.352 e. The van der Waals surface area contributed by atoms with Crippen LogP contribution in [-0.2, 0) is 21.2 Å². The average molecular weight is 420 g/mol. The Bertz CT molecular complexity index is 912. The van der Waals surface area contributed by atoms with E-state index in [0.717, 1.165) is 43.6 Å². The van der Waals surface area contributed by atoms with Crippen molar-refractivity contribution in [2.45, 2.75) is 36.2 Å². The fourth-order valence-corrected chi connectivity index (χ4v) is 4.56. The van der Waals surface area contributed by atoms with Gasteiger partial charge in [-0.15, -0.1) is 0 Å². The normalized spacial score (nSPS) is 17.0. The van der Waals surface area contributed by atoms with Crippen LogP contribution in [0.2, 0.25) is 0 Å². The van der Waals surface area contributed by atoms with Crippen LogP contribution in [0, 0.1) is 5.82 Å². The van der Waals surface area contributed by atoms with Crippen LogP contribution in [0.15, 0.2) is 59.5 Å². The lowest BCUT2D eigenvalue weighted by atomic mass is 10.0. The first-order chi connectivity index (χ1) is 13.8. The molecule has 1 amide bonds. The van der Waals surface area contributed by atoms with Crippen LogP contribution >= 0.6 is 0 Å². The molecule has 0 saturated carbocycles. The Hall–Kier alpha value is -2.29. The molecule has 8 heteroatoms. The quantitative estimate of drug-likeness (QED) is 0.719. The average Bonchev–Trinajstić information content (AvgIpc) is 2.70. The van der Waals surface area contributed by atoms with Gasteiger partial charge in [-0.25, -0.2) is 12.8 Å². The molecule has 0 bridgehead atoms. The molecule has 2 aromatic rings. The van der Waals surface area contributed by atoms with Gasteiger partial charge in [-0.05, 0) is 69.2 Å².